The molecule has 0 radical (unpaired) electrons. The minimum absolute atomic E-state index is 0.0985. The molecule has 1 aromatic carbocycles. The zero-order valence-electron chi connectivity index (χ0n) is 9.92. The smallest absolute Gasteiger partial charge is 0.297 e. The lowest BCUT2D eigenvalue weighted by atomic mass is 9.89. The van der Waals surface area contributed by atoms with Gasteiger partial charge in [-0.25, -0.2) is 0 Å². The molecule has 5 nitrogen and oxygen atoms in total. The summed E-state index contributed by atoms with van der Waals surface area (Å²) in [5, 5.41) is 8.94. The van der Waals surface area contributed by atoms with Gasteiger partial charge in [-0.05, 0) is 19.1 Å². The van der Waals surface area contributed by atoms with E-state index in [-0.39, 0.29) is 24.7 Å². The number of nitriles is 1. The first kappa shape index (κ1) is 13.0. The average molecular weight is 267 g/mol. The van der Waals surface area contributed by atoms with Gasteiger partial charge in [-0.2, -0.15) is 13.7 Å². The molecule has 1 saturated heterocycles. The van der Waals surface area contributed by atoms with Crippen LogP contribution in [0.4, 0.5) is 0 Å². The van der Waals surface area contributed by atoms with Crippen molar-refractivity contribution < 1.29 is 17.3 Å². The maximum atomic E-state index is 11.9. The van der Waals surface area contributed by atoms with Gasteiger partial charge < -0.3 is 4.74 Å². The van der Waals surface area contributed by atoms with Gasteiger partial charge in [0.2, 0.25) is 0 Å². The Morgan fingerprint density at radius 1 is 1.39 bits per heavy atom. The molecule has 0 aromatic heterocycles. The summed E-state index contributed by atoms with van der Waals surface area (Å²) >= 11 is 0. The number of hydrogen-bond acceptors (Lipinski definition) is 5. The van der Waals surface area contributed by atoms with Gasteiger partial charge in [0.1, 0.15) is 5.41 Å². The first-order valence-corrected chi connectivity index (χ1v) is 6.83. The predicted molar refractivity (Wildman–Crippen MR) is 63.2 cm³/mol. The van der Waals surface area contributed by atoms with E-state index in [1.54, 1.807) is 12.1 Å². The van der Waals surface area contributed by atoms with Gasteiger partial charge in [0, 0.05) is 0 Å². The lowest BCUT2D eigenvalue weighted by molar-refractivity contribution is -0.0954. The molecule has 0 N–H and O–H groups in total. The summed E-state index contributed by atoms with van der Waals surface area (Å²) in [6, 6.07) is 8.40. The van der Waals surface area contributed by atoms with E-state index in [2.05, 4.69) is 0 Å². The summed E-state index contributed by atoms with van der Waals surface area (Å²) in [5.41, 5.74) is 0.146. The molecule has 0 aliphatic carbocycles. The van der Waals surface area contributed by atoms with Crippen molar-refractivity contribution in [3.63, 3.8) is 0 Å². The predicted octanol–water partition coefficient (Wildman–Crippen LogP) is 1.24. The van der Waals surface area contributed by atoms with Gasteiger partial charge in [0.15, 0.2) is 0 Å². The van der Waals surface area contributed by atoms with Crippen LogP contribution in [0.2, 0.25) is 0 Å². The van der Waals surface area contributed by atoms with Gasteiger partial charge in [-0.1, -0.05) is 17.7 Å². The Bertz CT molecular complexity index is 567. The molecule has 1 fully saturated rings. The highest BCUT2D eigenvalue weighted by Gasteiger charge is 2.41. The molecule has 0 unspecified atom stereocenters. The zero-order valence-corrected chi connectivity index (χ0v) is 10.7. The average Bonchev–Trinajstić information content (AvgIpc) is 2.29. The van der Waals surface area contributed by atoms with E-state index in [9.17, 15) is 8.42 Å². The molecule has 1 aliphatic rings. The monoisotopic (exact) mass is 267 g/mol. The Morgan fingerprint density at radius 2 is 2.00 bits per heavy atom. The molecule has 0 amide bonds. The molecule has 1 aromatic rings. The highest BCUT2D eigenvalue weighted by molar-refractivity contribution is 7.86. The highest BCUT2D eigenvalue weighted by atomic mass is 32.2. The number of rotatable bonds is 4. The van der Waals surface area contributed by atoms with Crippen molar-refractivity contribution in [2.45, 2.75) is 11.8 Å². The third-order valence-corrected chi connectivity index (χ3v) is 4.07. The van der Waals surface area contributed by atoms with Gasteiger partial charge in [0.25, 0.3) is 10.1 Å². The van der Waals surface area contributed by atoms with Crippen LogP contribution in [-0.4, -0.2) is 28.2 Å². The van der Waals surface area contributed by atoms with Gasteiger partial charge in [0.05, 0.1) is 30.8 Å². The van der Waals surface area contributed by atoms with Gasteiger partial charge >= 0.3 is 0 Å². The van der Waals surface area contributed by atoms with E-state index in [0.29, 0.717) is 0 Å². The second-order valence-corrected chi connectivity index (χ2v) is 6.03. The lowest BCUT2D eigenvalue weighted by Crippen LogP contribution is -2.45. The summed E-state index contributed by atoms with van der Waals surface area (Å²) in [5.74, 6) is 0. The van der Waals surface area contributed by atoms with Crippen LogP contribution in [0.25, 0.3) is 0 Å². The van der Waals surface area contributed by atoms with Gasteiger partial charge in [-0.15, -0.1) is 0 Å². The molecule has 0 bridgehead atoms. The van der Waals surface area contributed by atoms with Crippen LogP contribution in [0.5, 0.6) is 0 Å². The van der Waals surface area contributed by atoms with Crippen LogP contribution in [0.15, 0.2) is 29.2 Å². The van der Waals surface area contributed by atoms with Crippen LogP contribution < -0.4 is 0 Å². The Kier molecular flexibility index (Phi) is 3.39. The van der Waals surface area contributed by atoms with Crippen molar-refractivity contribution in [3.05, 3.63) is 29.8 Å². The number of hydrogen-bond donors (Lipinski definition) is 0. The van der Waals surface area contributed by atoms with E-state index in [4.69, 9.17) is 14.2 Å². The number of benzene rings is 1. The number of ether oxygens (including phenoxy) is 1. The van der Waals surface area contributed by atoms with Crippen LogP contribution in [0, 0.1) is 23.7 Å². The molecule has 6 heteroatoms. The molecule has 96 valence electrons. The SMILES string of the molecule is Cc1ccc(S(=O)(=O)OCC2(C#N)COC2)cc1. The van der Waals surface area contributed by atoms with Crippen molar-refractivity contribution in [1.82, 2.24) is 0 Å². The third-order valence-electron chi connectivity index (χ3n) is 2.79. The van der Waals surface area contributed by atoms with Crippen molar-refractivity contribution in [1.29, 1.82) is 5.26 Å². The first-order chi connectivity index (χ1) is 8.47. The summed E-state index contributed by atoms with van der Waals surface area (Å²) in [7, 11) is -3.80. The van der Waals surface area contributed by atoms with Crippen molar-refractivity contribution in [2.24, 2.45) is 5.41 Å². The van der Waals surface area contributed by atoms with E-state index in [0.717, 1.165) is 5.56 Å². The Hall–Kier alpha value is -1.42. The molecular formula is C12H13NO4S. The normalized spacial score (nSPS) is 17.8. The molecule has 2 rings (SSSR count). The summed E-state index contributed by atoms with van der Waals surface area (Å²) in [6.07, 6.45) is 0. The maximum absolute atomic E-state index is 11.9. The quantitative estimate of drug-likeness (QED) is 0.767. The standard InChI is InChI=1S/C12H13NO4S/c1-10-2-4-11(5-3-10)18(14,15)17-9-12(6-13)7-16-8-12/h2-5H,7-9H2,1H3. The molecule has 0 atom stereocenters. The second kappa shape index (κ2) is 4.69. The van der Waals surface area contributed by atoms with E-state index < -0.39 is 15.5 Å². The number of nitrogens with zero attached hydrogens (tertiary/aromatic N) is 1. The molecule has 0 spiro atoms. The van der Waals surface area contributed by atoms with E-state index >= 15 is 0 Å². The van der Waals surface area contributed by atoms with E-state index in [1.165, 1.54) is 12.1 Å². The lowest BCUT2D eigenvalue weighted by Gasteiger charge is -2.33. The molecule has 0 saturated carbocycles. The van der Waals surface area contributed by atoms with Crippen LogP contribution >= 0.6 is 0 Å². The Morgan fingerprint density at radius 3 is 2.44 bits per heavy atom. The van der Waals surface area contributed by atoms with Crippen molar-refractivity contribution in [3.8, 4) is 6.07 Å². The molecule has 18 heavy (non-hydrogen) atoms. The fourth-order valence-electron chi connectivity index (χ4n) is 1.49. The summed E-state index contributed by atoms with van der Waals surface area (Å²) in [4.78, 5) is 0.0985. The molecule has 1 aliphatic heterocycles. The minimum Gasteiger partial charge on any atom is -0.378 e. The Labute approximate surface area is 106 Å². The van der Waals surface area contributed by atoms with Crippen LogP contribution in [-0.2, 0) is 19.0 Å². The molecule has 1 heterocycles. The third kappa shape index (κ3) is 2.53. The summed E-state index contributed by atoms with van der Waals surface area (Å²) < 4.78 is 33.6. The highest BCUT2D eigenvalue weighted by Crippen LogP contribution is 2.28. The molecular weight excluding hydrogens is 254 g/mol. The minimum atomic E-state index is -3.80. The zero-order chi connectivity index (χ0) is 13.2. The topological polar surface area (TPSA) is 76.4 Å². The van der Waals surface area contributed by atoms with Gasteiger partial charge in [-0.3, -0.25) is 4.18 Å². The summed E-state index contributed by atoms with van der Waals surface area (Å²) in [6.45, 7) is 2.13. The van der Waals surface area contributed by atoms with Crippen LogP contribution in [0.1, 0.15) is 5.56 Å². The largest absolute Gasteiger partial charge is 0.378 e. The van der Waals surface area contributed by atoms with Crippen LogP contribution in [0.3, 0.4) is 0 Å². The van der Waals surface area contributed by atoms with Crippen molar-refractivity contribution >= 4 is 10.1 Å². The second-order valence-electron chi connectivity index (χ2n) is 4.41. The van der Waals surface area contributed by atoms with E-state index in [1.807, 2.05) is 13.0 Å². The fourth-order valence-corrected chi connectivity index (χ4v) is 2.48. The number of aryl methyl sites for hydroxylation is 1. The first-order valence-electron chi connectivity index (χ1n) is 5.43. The maximum Gasteiger partial charge on any atom is 0.297 e. The van der Waals surface area contributed by atoms with Crippen molar-refractivity contribution in [2.75, 3.05) is 19.8 Å². The fraction of sp³-hybridized carbons (Fsp3) is 0.417. The Balaban J connectivity index is 2.08.